The lowest BCUT2D eigenvalue weighted by molar-refractivity contribution is -0.153. The summed E-state index contributed by atoms with van der Waals surface area (Å²) >= 11 is 0. The summed E-state index contributed by atoms with van der Waals surface area (Å²) in [4.78, 5) is 12.8. The molecule has 0 aliphatic heterocycles. The van der Waals surface area contributed by atoms with Crippen molar-refractivity contribution in [3.8, 4) is 0 Å². The summed E-state index contributed by atoms with van der Waals surface area (Å²) in [6.07, 6.45) is -3.09. The third-order valence-electron chi connectivity index (χ3n) is 2.27. The van der Waals surface area contributed by atoms with Gasteiger partial charge in [-0.1, -0.05) is 0 Å². The first-order chi connectivity index (χ1) is 8.75. The molecule has 9 heteroatoms. The molecule has 1 heterocycles. The quantitative estimate of drug-likeness (QED) is 0.767. The summed E-state index contributed by atoms with van der Waals surface area (Å²) in [6, 6.07) is 0. The van der Waals surface area contributed by atoms with Gasteiger partial charge in [-0.05, 0) is 26.0 Å². The molecule has 0 bridgehead atoms. The molecule has 106 valence electrons. The molecule has 0 radical (unpaired) electrons. The predicted molar refractivity (Wildman–Crippen MR) is 57.8 cm³/mol. The van der Waals surface area contributed by atoms with E-state index in [0.717, 1.165) is 4.80 Å². The lowest BCUT2D eigenvalue weighted by Crippen LogP contribution is -2.39. The van der Waals surface area contributed by atoms with Gasteiger partial charge in [0.1, 0.15) is 0 Å². The maximum absolute atomic E-state index is 12.5. The number of aryl methyl sites for hydroxylation is 1. The van der Waals surface area contributed by atoms with Crippen LogP contribution in [0.25, 0.3) is 0 Å². The monoisotopic (exact) mass is 278 g/mol. The molecule has 0 aliphatic carbocycles. The fourth-order valence-corrected chi connectivity index (χ4v) is 1.11. The maximum Gasteiger partial charge on any atom is 0.335 e. The number of nitrogens with zero attached hydrogens (tertiary/aromatic N) is 4. The van der Waals surface area contributed by atoms with Crippen LogP contribution in [-0.4, -0.2) is 32.8 Å². The lowest BCUT2D eigenvalue weighted by Gasteiger charge is -2.20. The Labute approximate surface area is 107 Å². The standard InChI is InChI=1S/C10H13F3N4O2/c1-6-14-16-17(15-6)10(2,3)9(18)19-5-4-7(11)8(12)13/h4-5H2,1-3H3. The molecule has 0 fully saturated rings. The first-order valence-electron chi connectivity index (χ1n) is 5.39. The van der Waals surface area contributed by atoms with Crippen LogP contribution in [0.15, 0.2) is 11.9 Å². The Morgan fingerprint density at radius 1 is 1.37 bits per heavy atom. The molecule has 0 saturated heterocycles. The van der Waals surface area contributed by atoms with E-state index in [2.05, 4.69) is 15.4 Å². The molecular formula is C10H13F3N4O2. The summed E-state index contributed by atoms with van der Waals surface area (Å²) in [6.45, 7) is 4.05. The van der Waals surface area contributed by atoms with Gasteiger partial charge >= 0.3 is 12.0 Å². The van der Waals surface area contributed by atoms with Crippen LogP contribution in [0.4, 0.5) is 13.2 Å². The zero-order valence-corrected chi connectivity index (χ0v) is 10.7. The number of hydrogen-bond acceptors (Lipinski definition) is 5. The fourth-order valence-electron chi connectivity index (χ4n) is 1.11. The molecule has 0 spiro atoms. The Kier molecular flexibility index (Phi) is 4.62. The molecule has 0 saturated carbocycles. The first-order valence-corrected chi connectivity index (χ1v) is 5.39. The highest BCUT2D eigenvalue weighted by molar-refractivity contribution is 5.77. The van der Waals surface area contributed by atoms with E-state index >= 15 is 0 Å². The third-order valence-corrected chi connectivity index (χ3v) is 2.27. The van der Waals surface area contributed by atoms with Crippen LogP contribution in [0.1, 0.15) is 26.1 Å². The van der Waals surface area contributed by atoms with Gasteiger partial charge in [0, 0.05) is 6.42 Å². The number of hydrogen-bond donors (Lipinski definition) is 0. The molecule has 1 rings (SSSR count). The SMILES string of the molecule is Cc1nnn(C(C)(C)C(=O)OCCC(F)=C(F)F)n1. The topological polar surface area (TPSA) is 69.9 Å². The second kappa shape index (κ2) is 5.81. The second-order valence-corrected chi connectivity index (χ2v) is 4.24. The van der Waals surface area contributed by atoms with Gasteiger partial charge in [0.25, 0.3) is 0 Å². The smallest absolute Gasteiger partial charge is 0.335 e. The number of halogens is 3. The number of carbonyl (C=O) groups excluding carboxylic acids is 1. The van der Waals surface area contributed by atoms with Crippen LogP contribution >= 0.6 is 0 Å². The second-order valence-electron chi connectivity index (χ2n) is 4.24. The van der Waals surface area contributed by atoms with Crippen molar-refractivity contribution in [2.75, 3.05) is 6.61 Å². The Balaban J connectivity index is 2.60. The average Bonchev–Trinajstić information content (AvgIpc) is 2.75. The molecule has 0 aliphatic rings. The summed E-state index contributed by atoms with van der Waals surface area (Å²) in [5, 5.41) is 11.1. The normalized spacial score (nSPS) is 11.3. The van der Waals surface area contributed by atoms with E-state index in [0.29, 0.717) is 5.82 Å². The van der Waals surface area contributed by atoms with Crippen molar-refractivity contribution < 1.29 is 22.7 Å². The van der Waals surface area contributed by atoms with Crippen molar-refractivity contribution in [2.24, 2.45) is 0 Å². The van der Waals surface area contributed by atoms with Crippen molar-refractivity contribution in [1.29, 1.82) is 0 Å². The number of ether oxygens (including phenoxy) is 1. The van der Waals surface area contributed by atoms with Crippen LogP contribution in [0.2, 0.25) is 0 Å². The van der Waals surface area contributed by atoms with Crippen molar-refractivity contribution in [1.82, 2.24) is 20.2 Å². The van der Waals surface area contributed by atoms with Crippen molar-refractivity contribution >= 4 is 5.97 Å². The van der Waals surface area contributed by atoms with Crippen LogP contribution in [0.3, 0.4) is 0 Å². The summed E-state index contributed by atoms with van der Waals surface area (Å²) in [5.74, 6) is -1.99. The molecule has 19 heavy (non-hydrogen) atoms. The van der Waals surface area contributed by atoms with E-state index in [1.54, 1.807) is 6.92 Å². The molecule has 0 atom stereocenters. The number of aromatic nitrogens is 4. The van der Waals surface area contributed by atoms with E-state index in [-0.39, 0.29) is 0 Å². The molecule has 0 amide bonds. The Bertz CT molecular complexity index is 495. The van der Waals surface area contributed by atoms with Gasteiger partial charge < -0.3 is 4.74 Å². The zero-order valence-electron chi connectivity index (χ0n) is 10.7. The van der Waals surface area contributed by atoms with Gasteiger partial charge in [-0.25, -0.2) is 9.18 Å². The predicted octanol–water partition coefficient (Wildman–Crippen LogP) is 1.73. The minimum Gasteiger partial charge on any atom is -0.463 e. The molecule has 6 nitrogen and oxygen atoms in total. The van der Waals surface area contributed by atoms with Gasteiger partial charge in [-0.3, -0.25) is 0 Å². The van der Waals surface area contributed by atoms with Crippen LogP contribution in [0, 0.1) is 6.92 Å². The van der Waals surface area contributed by atoms with Gasteiger partial charge in [-0.15, -0.1) is 15.0 Å². The van der Waals surface area contributed by atoms with Gasteiger partial charge in [0.15, 0.2) is 17.2 Å². The lowest BCUT2D eigenvalue weighted by atomic mass is 10.1. The molecule has 0 N–H and O–H groups in total. The summed E-state index contributed by atoms with van der Waals surface area (Å²) < 4.78 is 40.8. The molecule has 1 aromatic rings. The minimum atomic E-state index is -2.41. The average molecular weight is 278 g/mol. The van der Waals surface area contributed by atoms with E-state index in [1.807, 2.05) is 0 Å². The number of tetrazole rings is 1. The van der Waals surface area contributed by atoms with Crippen molar-refractivity contribution in [3.05, 3.63) is 17.7 Å². The minimum absolute atomic E-state index is 0.370. The highest BCUT2D eigenvalue weighted by atomic mass is 19.3. The van der Waals surface area contributed by atoms with Crippen LogP contribution in [0.5, 0.6) is 0 Å². The van der Waals surface area contributed by atoms with E-state index in [1.165, 1.54) is 13.8 Å². The molecule has 0 aromatic carbocycles. The summed E-state index contributed by atoms with van der Waals surface area (Å²) in [7, 11) is 0. The largest absolute Gasteiger partial charge is 0.463 e. The zero-order chi connectivity index (χ0) is 14.6. The molecular weight excluding hydrogens is 265 g/mol. The Morgan fingerprint density at radius 3 is 2.47 bits per heavy atom. The molecule has 1 aromatic heterocycles. The van der Waals surface area contributed by atoms with Gasteiger partial charge in [0.05, 0.1) is 6.61 Å². The van der Waals surface area contributed by atoms with E-state index in [9.17, 15) is 18.0 Å². The molecule has 0 unspecified atom stereocenters. The highest BCUT2D eigenvalue weighted by Gasteiger charge is 2.34. The maximum atomic E-state index is 12.5. The van der Waals surface area contributed by atoms with Gasteiger partial charge in [-0.2, -0.15) is 8.78 Å². The number of carbonyl (C=O) groups is 1. The van der Waals surface area contributed by atoms with Crippen LogP contribution < -0.4 is 0 Å². The van der Waals surface area contributed by atoms with Crippen LogP contribution in [-0.2, 0) is 15.1 Å². The third kappa shape index (κ3) is 3.76. The van der Waals surface area contributed by atoms with Crippen molar-refractivity contribution in [2.45, 2.75) is 32.7 Å². The fraction of sp³-hybridized carbons (Fsp3) is 0.600. The van der Waals surface area contributed by atoms with Crippen molar-refractivity contribution in [3.63, 3.8) is 0 Å². The summed E-state index contributed by atoms with van der Waals surface area (Å²) in [5.41, 5.74) is -1.25. The Morgan fingerprint density at radius 2 is 2.00 bits per heavy atom. The Hall–Kier alpha value is -1.93. The van der Waals surface area contributed by atoms with Gasteiger partial charge in [0.2, 0.25) is 0 Å². The van der Waals surface area contributed by atoms with E-state index in [4.69, 9.17) is 4.74 Å². The number of esters is 1. The van der Waals surface area contributed by atoms with E-state index < -0.39 is 36.4 Å². The number of rotatable bonds is 5. The highest BCUT2D eigenvalue weighted by Crippen LogP contribution is 2.16. The first kappa shape index (κ1) is 15.1.